The van der Waals surface area contributed by atoms with Crippen molar-refractivity contribution in [1.29, 1.82) is 0 Å². The fourth-order valence-corrected chi connectivity index (χ4v) is 2.24. The molecule has 0 amide bonds. The molecule has 0 aliphatic heterocycles. The second kappa shape index (κ2) is 5.88. The molecule has 0 fully saturated rings. The van der Waals surface area contributed by atoms with E-state index < -0.39 is 0 Å². The quantitative estimate of drug-likeness (QED) is 0.888. The molecule has 0 aliphatic rings. The molecule has 2 aromatic rings. The first-order valence-electron chi connectivity index (χ1n) is 5.76. The van der Waals surface area contributed by atoms with E-state index in [2.05, 4.69) is 25.6 Å². The molecule has 18 heavy (non-hydrogen) atoms. The van der Waals surface area contributed by atoms with Gasteiger partial charge in [-0.1, -0.05) is 0 Å². The predicted molar refractivity (Wildman–Crippen MR) is 73.8 cm³/mol. The number of hydrogen-bond acceptors (Lipinski definition) is 6. The van der Waals surface area contributed by atoms with E-state index in [1.165, 1.54) is 0 Å². The van der Waals surface area contributed by atoms with Gasteiger partial charge in [0.1, 0.15) is 0 Å². The minimum atomic E-state index is 0.723. The van der Waals surface area contributed by atoms with Crippen LogP contribution in [0.15, 0.2) is 17.8 Å². The van der Waals surface area contributed by atoms with Crippen molar-refractivity contribution in [3.8, 4) is 0 Å². The molecule has 2 rings (SSSR count). The maximum Gasteiger partial charge on any atom is 0.225 e. The third kappa shape index (κ3) is 3.24. The average molecular weight is 263 g/mol. The molecule has 0 aromatic carbocycles. The Labute approximate surface area is 111 Å². The number of hydrogen-bond donors (Lipinski definition) is 1. The van der Waals surface area contributed by atoms with Gasteiger partial charge in [0.05, 0.1) is 17.2 Å². The van der Waals surface area contributed by atoms with E-state index in [0.717, 1.165) is 35.3 Å². The van der Waals surface area contributed by atoms with Crippen LogP contribution in [0, 0.1) is 6.92 Å². The number of anilines is 1. The molecule has 2 aromatic heterocycles. The van der Waals surface area contributed by atoms with E-state index in [4.69, 9.17) is 0 Å². The zero-order valence-corrected chi connectivity index (χ0v) is 11.7. The van der Waals surface area contributed by atoms with Crippen LogP contribution in [0.2, 0.25) is 0 Å². The number of aromatic nitrogens is 3. The Morgan fingerprint density at radius 2 is 2.06 bits per heavy atom. The highest BCUT2D eigenvalue weighted by Gasteiger charge is 2.07. The standard InChI is InChI=1S/C12H17N5S/c1-9-16-11(8-18-9)7-17(3)12-14-5-10(4-13-2)6-15-12/h5-6,8,13H,4,7H2,1-3H3. The Bertz CT molecular complexity index is 493. The van der Waals surface area contributed by atoms with Gasteiger partial charge in [-0.3, -0.25) is 0 Å². The van der Waals surface area contributed by atoms with Crippen LogP contribution in [0.4, 0.5) is 5.95 Å². The average Bonchev–Trinajstić information content (AvgIpc) is 2.76. The lowest BCUT2D eigenvalue weighted by atomic mass is 10.3. The molecular formula is C12H17N5S. The van der Waals surface area contributed by atoms with Crippen molar-refractivity contribution in [3.05, 3.63) is 34.0 Å². The van der Waals surface area contributed by atoms with Gasteiger partial charge >= 0.3 is 0 Å². The van der Waals surface area contributed by atoms with E-state index in [1.807, 2.05) is 38.3 Å². The van der Waals surface area contributed by atoms with Crippen molar-refractivity contribution in [1.82, 2.24) is 20.3 Å². The lowest BCUT2D eigenvalue weighted by Gasteiger charge is -2.15. The van der Waals surface area contributed by atoms with E-state index in [9.17, 15) is 0 Å². The van der Waals surface area contributed by atoms with Crippen molar-refractivity contribution < 1.29 is 0 Å². The third-order valence-corrected chi connectivity index (χ3v) is 3.30. The Balaban J connectivity index is 2.02. The Morgan fingerprint density at radius 3 is 2.61 bits per heavy atom. The Morgan fingerprint density at radius 1 is 1.33 bits per heavy atom. The largest absolute Gasteiger partial charge is 0.338 e. The van der Waals surface area contributed by atoms with E-state index >= 15 is 0 Å². The molecular weight excluding hydrogens is 246 g/mol. The van der Waals surface area contributed by atoms with E-state index in [1.54, 1.807) is 11.3 Å². The van der Waals surface area contributed by atoms with Gasteiger partial charge in [-0.25, -0.2) is 15.0 Å². The number of aryl methyl sites for hydroxylation is 1. The minimum absolute atomic E-state index is 0.723. The summed E-state index contributed by atoms with van der Waals surface area (Å²) in [6.45, 7) is 3.53. The lowest BCUT2D eigenvalue weighted by Crippen LogP contribution is -2.19. The maximum absolute atomic E-state index is 4.43. The summed E-state index contributed by atoms with van der Waals surface area (Å²) in [7, 11) is 3.88. The highest BCUT2D eigenvalue weighted by molar-refractivity contribution is 7.09. The molecule has 6 heteroatoms. The predicted octanol–water partition coefficient (Wildman–Crippen LogP) is 1.60. The zero-order chi connectivity index (χ0) is 13.0. The van der Waals surface area contributed by atoms with Crippen LogP contribution in [0.1, 0.15) is 16.3 Å². The number of rotatable bonds is 5. The third-order valence-electron chi connectivity index (χ3n) is 2.48. The van der Waals surface area contributed by atoms with Crippen LogP contribution in [0.5, 0.6) is 0 Å². The Kier molecular flexibility index (Phi) is 4.22. The van der Waals surface area contributed by atoms with Crippen molar-refractivity contribution in [3.63, 3.8) is 0 Å². The summed E-state index contributed by atoms with van der Waals surface area (Å²) in [6, 6.07) is 0. The lowest BCUT2D eigenvalue weighted by molar-refractivity contribution is 0.794. The molecule has 1 N–H and O–H groups in total. The van der Waals surface area contributed by atoms with Crippen molar-refractivity contribution in [2.45, 2.75) is 20.0 Å². The summed E-state index contributed by atoms with van der Waals surface area (Å²) in [5.74, 6) is 0.723. The van der Waals surface area contributed by atoms with Crippen molar-refractivity contribution in [2.75, 3.05) is 19.0 Å². The Hall–Kier alpha value is -1.53. The molecule has 2 heterocycles. The summed E-state index contributed by atoms with van der Waals surface area (Å²) < 4.78 is 0. The van der Waals surface area contributed by atoms with Crippen molar-refractivity contribution >= 4 is 17.3 Å². The van der Waals surface area contributed by atoms with Crippen LogP contribution in [0.3, 0.4) is 0 Å². The molecule has 0 saturated heterocycles. The summed E-state index contributed by atoms with van der Waals surface area (Å²) in [5, 5.41) is 6.23. The number of nitrogens with zero attached hydrogens (tertiary/aromatic N) is 4. The van der Waals surface area contributed by atoms with Gasteiger partial charge in [-0.15, -0.1) is 11.3 Å². The van der Waals surface area contributed by atoms with Gasteiger partial charge in [-0.2, -0.15) is 0 Å². The second-order valence-corrected chi connectivity index (χ2v) is 5.20. The van der Waals surface area contributed by atoms with Crippen LogP contribution in [-0.2, 0) is 13.1 Å². The monoisotopic (exact) mass is 263 g/mol. The van der Waals surface area contributed by atoms with Gasteiger partial charge in [0.15, 0.2) is 0 Å². The normalized spacial score (nSPS) is 10.6. The summed E-state index contributed by atoms with van der Waals surface area (Å²) in [4.78, 5) is 15.1. The van der Waals surface area contributed by atoms with Crippen molar-refractivity contribution in [2.24, 2.45) is 0 Å². The zero-order valence-electron chi connectivity index (χ0n) is 10.8. The SMILES string of the molecule is CNCc1cnc(N(C)Cc2csc(C)n2)nc1. The topological polar surface area (TPSA) is 53.9 Å². The number of thiazole rings is 1. The number of nitrogens with one attached hydrogen (secondary N) is 1. The smallest absolute Gasteiger partial charge is 0.225 e. The van der Waals surface area contributed by atoms with Gasteiger partial charge in [0.25, 0.3) is 0 Å². The highest BCUT2D eigenvalue weighted by Crippen LogP contribution is 2.13. The fourth-order valence-electron chi connectivity index (χ4n) is 1.64. The highest BCUT2D eigenvalue weighted by atomic mass is 32.1. The molecule has 0 saturated carbocycles. The summed E-state index contributed by atoms with van der Waals surface area (Å²) in [5.41, 5.74) is 2.14. The molecule has 96 valence electrons. The molecule has 0 atom stereocenters. The van der Waals surface area contributed by atoms with E-state index in [0.29, 0.717) is 0 Å². The van der Waals surface area contributed by atoms with Crippen LogP contribution in [0.25, 0.3) is 0 Å². The first-order chi connectivity index (χ1) is 8.69. The fraction of sp³-hybridized carbons (Fsp3) is 0.417. The minimum Gasteiger partial charge on any atom is -0.338 e. The second-order valence-electron chi connectivity index (χ2n) is 4.14. The van der Waals surface area contributed by atoms with Crippen LogP contribution >= 0.6 is 11.3 Å². The van der Waals surface area contributed by atoms with Gasteiger partial charge in [-0.05, 0) is 14.0 Å². The first-order valence-corrected chi connectivity index (χ1v) is 6.64. The summed E-state index contributed by atoms with van der Waals surface area (Å²) in [6.07, 6.45) is 3.70. The van der Waals surface area contributed by atoms with Crippen LogP contribution < -0.4 is 10.2 Å². The van der Waals surface area contributed by atoms with Crippen LogP contribution in [-0.4, -0.2) is 29.0 Å². The maximum atomic E-state index is 4.43. The molecule has 0 bridgehead atoms. The first kappa shape index (κ1) is 12.9. The molecule has 0 spiro atoms. The molecule has 5 nitrogen and oxygen atoms in total. The molecule has 0 unspecified atom stereocenters. The summed E-state index contributed by atoms with van der Waals surface area (Å²) >= 11 is 1.66. The van der Waals surface area contributed by atoms with Gasteiger partial charge in [0, 0.05) is 36.9 Å². The molecule has 0 aliphatic carbocycles. The van der Waals surface area contributed by atoms with Gasteiger partial charge < -0.3 is 10.2 Å². The van der Waals surface area contributed by atoms with Gasteiger partial charge in [0.2, 0.25) is 5.95 Å². The molecule has 0 radical (unpaired) electrons. The van der Waals surface area contributed by atoms with E-state index in [-0.39, 0.29) is 0 Å².